The highest BCUT2D eigenvalue weighted by Crippen LogP contribution is 1.97. The number of nitrogens with one attached hydrogen (secondary N) is 1. The van der Waals surface area contributed by atoms with E-state index in [0.717, 1.165) is 44.9 Å². The lowest BCUT2D eigenvalue weighted by Crippen LogP contribution is -2.27. The summed E-state index contributed by atoms with van der Waals surface area (Å²) in [6.45, 7) is 5.41. The van der Waals surface area contributed by atoms with Gasteiger partial charge >= 0.3 is 0 Å². The normalized spacial score (nSPS) is 12.6. The molecule has 34 heavy (non-hydrogen) atoms. The maximum atomic E-state index is 11.8. The van der Waals surface area contributed by atoms with E-state index in [2.05, 4.69) is 85.2 Å². The van der Waals surface area contributed by atoms with Crippen molar-refractivity contribution in [1.82, 2.24) is 5.32 Å². The zero-order valence-corrected chi connectivity index (χ0v) is 21.5. The van der Waals surface area contributed by atoms with E-state index in [4.69, 9.17) is 14.2 Å². The molecule has 5 heteroatoms. The van der Waals surface area contributed by atoms with Crippen LogP contribution in [-0.2, 0) is 19.0 Å². The molecule has 0 heterocycles. The standard InChI is InChI=1S/C29H47NO4/c1-3-4-5-6-7-8-9-10-11-12-13-14-15-16-17-18-19-20-21-22-29(31)30-23-24-33-27-28-34-26-25-32-2/h4-5,7-8,10-11,13-14,16-17,19-20H,3,6,9,12,15,18,21-28H2,1-2H3,(H,30,31). The van der Waals surface area contributed by atoms with Gasteiger partial charge in [0.1, 0.15) is 0 Å². The third-order valence-corrected chi connectivity index (χ3v) is 4.51. The van der Waals surface area contributed by atoms with E-state index in [-0.39, 0.29) is 5.91 Å². The molecule has 0 aromatic rings. The van der Waals surface area contributed by atoms with Gasteiger partial charge in [-0.05, 0) is 44.9 Å². The van der Waals surface area contributed by atoms with E-state index < -0.39 is 0 Å². The van der Waals surface area contributed by atoms with Crippen molar-refractivity contribution in [3.63, 3.8) is 0 Å². The zero-order chi connectivity index (χ0) is 24.8. The minimum Gasteiger partial charge on any atom is -0.382 e. The summed E-state index contributed by atoms with van der Waals surface area (Å²) >= 11 is 0. The van der Waals surface area contributed by atoms with Crippen LogP contribution >= 0.6 is 0 Å². The van der Waals surface area contributed by atoms with Crippen LogP contribution < -0.4 is 5.32 Å². The molecule has 0 saturated heterocycles. The van der Waals surface area contributed by atoms with Crippen molar-refractivity contribution in [1.29, 1.82) is 0 Å². The van der Waals surface area contributed by atoms with Crippen LogP contribution in [0.15, 0.2) is 72.9 Å². The molecule has 192 valence electrons. The summed E-state index contributed by atoms with van der Waals surface area (Å²) in [6, 6.07) is 0. The lowest BCUT2D eigenvalue weighted by molar-refractivity contribution is -0.121. The fourth-order valence-corrected chi connectivity index (χ4v) is 2.67. The molecule has 1 N–H and O–H groups in total. The van der Waals surface area contributed by atoms with Gasteiger partial charge in [-0.1, -0.05) is 79.8 Å². The van der Waals surface area contributed by atoms with Crippen LogP contribution in [0.2, 0.25) is 0 Å². The van der Waals surface area contributed by atoms with Crippen molar-refractivity contribution in [2.45, 2.75) is 58.3 Å². The summed E-state index contributed by atoms with van der Waals surface area (Å²) in [5, 5.41) is 2.86. The van der Waals surface area contributed by atoms with E-state index in [0.29, 0.717) is 46.0 Å². The van der Waals surface area contributed by atoms with Crippen LogP contribution in [0.4, 0.5) is 0 Å². The fourth-order valence-electron chi connectivity index (χ4n) is 2.67. The van der Waals surface area contributed by atoms with Crippen molar-refractivity contribution in [2.75, 3.05) is 46.7 Å². The second kappa shape index (κ2) is 28.8. The van der Waals surface area contributed by atoms with E-state index in [1.165, 1.54) is 0 Å². The Hall–Kier alpha value is -2.21. The third kappa shape index (κ3) is 27.8. The van der Waals surface area contributed by atoms with Gasteiger partial charge in [0.2, 0.25) is 5.91 Å². The van der Waals surface area contributed by atoms with Crippen molar-refractivity contribution in [3.8, 4) is 0 Å². The molecule has 0 unspecified atom stereocenters. The second-order valence-corrected chi connectivity index (χ2v) is 7.52. The number of methoxy groups -OCH3 is 1. The summed E-state index contributed by atoms with van der Waals surface area (Å²) in [7, 11) is 1.64. The van der Waals surface area contributed by atoms with E-state index in [9.17, 15) is 4.79 Å². The lowest BCUT2D eigenvalue weighted by atomic mass is 10.2. The van der Waals surface area contributed by atoms with Gasteiger partial charge in [0, 0.05) is 20.1 Å². The molecule has 0 rings (SSSR count). The van der Waals surface area contributed by atoms with Crippen LogP contribution in [0.1, 0.15) is 58.3 Å². The second-order valence-electron chi connectivity index (χ2n) is 7.52. The number of hydrogen-bond donors (Lipinski definition) is 1. The number of carbonyl (C=O) groups excluding carboxylic acids is 1. The first kappa shape index (κ1) is 31.8. The quantitative estimate of drug-likeness (QED) is 0.141. The van der Waals surface area contributed by atoms with Crippen LogP contribution in [-0.4, -0.2) is 52.6 Å². The van der Waals surface area contributed by atoms with Crippen LogP contribution in [0.3, 0.4) is 0 Å². The molecule has 0 bridgehead atoms. The average Bonchev–Trinajstić information content (AvgIpc) is 2.84. The summed E-state index contributed by atoms with van der Waals surface area (Å²) in [6.07, 6.45) is 33.4. The molecule has 0 saturated carbocycles. The highest BCUT2D eigenvalue weighted by Gasteiger charge is 1.98. The summed E-state index contributed by atoms with van der Waals surface area (Å²) < 4.78 is 15.6. The van der Waals surface area contributed by atoms with Gasteiger partial charge in [0.25, 0.3) is 0 Å². The number of allylic oxidation sites excluding steroid dienone is 12. The fraction of sp³-hybridized carbons (Fsp3) is 0.552. The predicted molar refractivity (Wildman–Crippen MR) is 144 cm³/mol. The minimum absolute atomic E-state index is 0.0551. The molecule has 0 fully saturated rings. The molecular weight excluding hydrogens is 426 g/mol. The Morgan fingerprint density at radius 2 is 1.06 bits per heavy atom. The zero-order valence-electron chi connectivity index (χ0n) is 21.5. The molecule has 0 spiro atoms. The van der Waals surface area contributed by atoms with Gasteiger partial charge < -0.3 is 19.5 Å². The summed E-state index contributed by atoms with van der Waals surface area (Å²) in [5.74, 6) is 0.0551. The van der Waals surface area contributed by atoms with E-state index in [1.54, 1.807) is 7.11 Å². The summed E-state index contributed by atoms with van der Waals surface area (Å²) in [4.78, 5) is 11.8. The van der Waals surface area contributed by atoms with Gasteiger partial charge in [0.15, 0.2) is 0 Å². The molecule has 1 amide bonds. The molecule has 0 aromatic carbocycles. The molecule has 0 aromatic heterocycles. The van der Waals surface area contributed by atoms with Gasteiger partial charge in [-0.2, -0.15) is 0 Å². The number of rotatable bonds is 23. The first-order valence-electron chi connectivity index (χ1n) is 12.6. The van der Waals surface area contributed by atoms with Gasteiger partial charge in [-0.25, -0.2) is 0 Å². The Bertz CT molecular complexity index is 618. The number of ether oxygens (including phenoxy) is 3. The van der Waals surface area contributed by atoms with Crippen LogP contribution in [0.5, 0.6) is 0 Å². The Morgan fingerprint density at radius 3 is 1.56 bits per heavy atom. The molecule has 0 aliphatic carbocycles. The van der Waals surface area contributed by atoms with E-state index >= 15 is 0 Å². The molecule has 0 aliphatic heterocycles. The van der Waals surface area contributed by atoms with Crippen molar-refractivity contribution in [2.24, 2.45) is 0 Å². The summed E-state index contributed by atoms with van der Waals surface area (Å²) in [5.41, 5.74) is 0. The monoisotopic (exact) mass is 473 g/mol. The first-order chi connectivity index (χ1) is 16.8. The third-order valence-electron chi connectivity index (χ3n) is 4.51. The molecule has 0 radical (unpaired) electrons. The number of amides is 1. The first-order valence-corrected chi connectivity index (χ1v) is 12.6. The van der Waals surface area contributed by atoms with Crippen LogP contribution in [0, 0.1) is 0 Å². The smallest absolute Gasteiger partial charge is 0.220 e. The van der Waals surface area contributed by atoms with E-state index in [1.807, 2.05) is 0 Å². The SMILES string of the molecule is CCC=CCC=CCC=CCC=CCC=CCC=CCCC(=O)NCCOCCOCCOC. The Kier molecular flexibility index (Phi) is 26.9. The Balaban J connectivity index is 3.49. The predicted octanol–water partition coefficient (Wildman–Crippen LogP) is 6.26. The van der Waals surface area contributed by atoms with Gasteiger partial charge in [0.05, 0.1) is 33.0 Å². The highest BCUT2D eigenvalue weighted by atomic mass is 16.5. The van der Waals surface area contributed by atoms with Crippen molar-refractivity contribution in [3.05, 3.63) is 72.9 Å². The van der Waals surface area contributed by atoms with Crippen molar-refractivity contribution >= 4 is 5.91 Å². The molecule has 5 nitrogen and oxygen atoms in total. The average molecular weight is 474 g/mol. The number of carbonyl (C=O) groups is 1. The Labute approximate surface area is 208 Å². The topological polar surface area (TPSA) is 56.8 Å². The van der Waals surface area contributed by atoms with Gasteiger partial charge in [-0.15, -0.1) is 0 Å². The number of hydrogen-bond acceptors (Lipinski definition) is 4. The largest absolute Gasteiger partial charge is 0.382 e. The lowest BCUT2D eigenvalue weighted by Gasteiger charge is -2.06. The minimum atomic E-state index is 0.0551. The molecule has 0 aliphatic rings. The molecular formula is C29H47NO4. The maximum Gasteiger partial charge on any atom is 0.220 e. The van der Waals surface area contributed by atoms with Crippen LogP contribution in [0.25, 0.3) is 0 Å². The van der Waals surface area contributed by atoms with Crippen molar-refractivity contribution < 1.29 is 19.0 Å². The molecule has 0 atom stereocenters. The highest BCUT2D eigenvalue weighted by molar-refractivity contribution is 5.75. The Morgan fingerprint density at radius 1 is 0.618 bits per heavy atom. The maximum absolute atomic E-state index is 11.8. The van der Waals surface area contributed by atoms with Gasteiger partial charge in [-0.3, -0.25) is 4.79 Å².